The lowest BCUT2D eigenvalue weighted by Gasteiger charge is -2.13. The van der Waals surface area contributed by atoms with Gasteiger partial charge < -0.3 is 19.5 Å². The van der Waals surface area contributed by atoms with Crippen LogP contribution in [0, 0.1) is 12.3 Å². The van der Waals surface area contributed by atoms with Crippen LogP contribution >= 0.6 is 0 Å². The molecule has 0 aliphatic carbocycles. The lowest BCUT2D eigenvalue weighted by atomic mass is 10.1. The van der Waals surface area contributed by atoms with Crippen molar-refractivity contribution < 1.29 is 19.0 Å². The van der Waals surface area contributed by atoms with E-state index >= 15 is 0 Å². The number of carbonyl (C=O) groups excluding carboxylic acids is 1. The minimum Gasteiger partial charge on any atom is -0.493 e. The first-order chi connectivity index (χ1) is 18.6. The molecule has 5 rings (SSSR count). The summed E-state index contributed by atoms with van der Waals surface area (Å²) in [7, 11) is 3.18. The van der Waals surface area contributed by atoms with E-state index in [2.05, 4.69) is 16.2 Å². The van der Waals surface area contributed by atoms with E-state index in [1.807, 2.05) is 68.4 Å². The molecular weight excluding hydrogens is 476 g/mol. The molecule has 1 N–H and O–H groups in total. The highest BCUT2D eigenvalue weighted by Gasteiger charge is 2.12. The first-order valence-corrected chi connectivity index (χ1v) is 12.2. The van der Waals surface area contributed by atoms with Crippen LogP contribution in [0.1, 0.15) is 29.8 Å². The molecule has 0 fully saturated rings. The number of terminal acetylenes is 1. The van der Waals surface area contributed by atoms with Crippen LogP contribution in [0.25, 0.3) is 21.7 Å². The Balaban J connectivity index is 0.00000164. The lowest BCUT2D eigenvalue weighted by molar-refractivity contribution is 0.102. The number of carbonyl (C=O) groups is 1. The number of pyridine rings is 1. The van der Waals surface area contributed by atoms with Gasteiger partial charge in [0.1, 0.15) is 11.5 Å². The molecular formula is C32H28N2O4. The molecule has 0 aliphatic rings. The van der Waals surface area contributed by atoms with Crippen molar-refractivity contribution in [3.05, 3.63) is 96.2 Å². The number of hydrogen-bond donors (Lipinski definition) is 1. The Kier molecular flexibility index (Phi) is 8.10. The summed E-state index contributed by atoms with van der Waals surface area (Å²) in [6, 6.07) is 24.0. The van der Waals surface area contributed by atoms with E-state index in [0.717, 1.165) is 21.7 Å². The monoisotopic (exact) mass is 504 g/mol. The number of rotatable bonds is 6. The molecule has 6 heteroatoms. The fourth-order valence-corrected chi connectivity index (χ4v) is 3.98. The Hall–Kier alpha value is -5.02. The number of amides is 1. The maximum absolute atomic E-state index is 12.6. The van der Waals surface area contributed by atoms with Gasteiger partial charge in [0.15, 0.2) is 11.5 Å². The molecule has 5 aromatic rings. The van der Waals surface area contributed by atoms with E-state index in [-0.39, 0.29) is 5.91 Å². The van der Waals surface area contributed by atoms with Crippen molar-refractivity contribution in [3.63, 3.8) is 0 Å². The minimum atomic E-state index is -0.219. The van der Waals surface area contributed by atoms with Gasteiger partial charge in [0.2, 0.25) is 0 Å². The number of nitrogens with zero attached hydrogens (tertiary/aromatic N) is 1. The molecule has 4 aromatic carbocycles. The Morgan fingerprint density at radius 2 is 1.58 bits per heavy atom. The molecule has 0 atom stereocenters. The molecule has 0 aliphatic heterocycles. The number of aromatic nitrogens is 1. The summed E-state index contributed by atoms with van der Waals surface area (Å²) >= 11 is 0. The van der Waals surface area contributed by atoms with E-state index < -0.39 is 0 Å². The zero-order valence-corrected chi connectivity index (χ0v) is 21.7. The molecule has 190 valence electrons. The van der Waals surface area contributed by atoms with Crippen molar-refractivity contribution in [3.8, 4) is 35.3 Å². The van der Waals surface area contributed by atoms with E-state index in [1.165, 1.54) is 0 Å². The topological polar surface area (TPSA) is 69.7 Å². The number of methoxy groups -OCH3 is 2. The summed E-state index contributed by atoms with van der Waals surface area (Å²) in [4.78, 5) is 17.1. The molecule has 38 heavy (non-hydrogen) atoms. The van der Waals surface area contributed by atoms with Gasteiger partial charge in [0, 0.05) is 34.5 Å². The van der Waals surface area contributed by atoms with Crippen molar-refractivity contribution in [2.24, 2.45) is 0 Å². The van der Waals surface area contributed by atoms with Crippen LogP contribution in [0.5, 0.6) is 23.0 Å². The van der Waals surface area contributed by atoms with Gasteiger partial charge in [-0.1, -0.05) is 38.0 Å². The second-order valence-corrected chi connectivity index (χ2v) is 8.04. The maximum atomic E-state index is 12.6. The number of anilines is 1. The molecule has 1 aromatic heterocycles. The smallest absolute Gasteiger partial charge is 0.255 e. The SMILES string of the molecule is C#Cc1cccc(C(=O)Nc2ccc3cc(Oc4ccnc5cc(OC)c(OC)cc45)ccc3c2)c1.CC. The fourth-order valence-electron chi connectivity index (χ4n) is 3.98. The zero-order valence-electron chi connectivity index (χ0n) is 21.7. The molecule has 1 heterocycles. The number of hydrogen-bond acceptors (Lipinski definition) is 5. The van der Waals surface area contributed by atoms with Gasteiger partial charge in [0.25, 0.3) is 5.91 Å². The Bertz CT molecular complexity index is 1650. The Morgan fingerprint density at radius 3 is 2.34 bits per heavy atom. The highest BCUT2D eigenvalue weighted by atomic mass is 16.5. The minimum absolute atomic E-state index is 0.219. The Labute approximate surface area is 222 Å². The molecule has 6 nitrogen and oxygen atoms in total. The predicted molar refractivity (Wildman–Crippen MR) is 153 cm³/mol. The largest absolute Gasteiger partial charge is 0.493 e. The molecule has 1 amide bonds. The summed E-state index contributed by atoms with van der Waals surface area (Å²) in [5.41, 5.74) is 2.59. The molecule has 0 bridgehead atoms. The van der Waals surface area contributed by atoms with Crippen LogP contribution in [0.15, 0.2) is 85.1 Å². The van der Waals surface area contributed by atoms with E-state index in [9.17, 15) is 4.79 Å². The maximum Gasteiger partial charge on any atom is 0.255 e. The van der Waals surface area contributed by atoms with Crippen molar-refractivity contribution in [1.82, 2.24) is 4.98 Å². The van der Waals surface area contributed by atoms with Crippen molar-refractivity contribution in [1.29, 1.82) is 0 Å². The van der Waals surface area contributed by atoms with Gasteiger partial charge in [0.05, 0.1) is 19.7 Å². The summed E-state index contributed by atoms with van der Waals surface area (Å²) < 4.78 is 17.0. The second kappa shape index (κ2) is 11.8. The summed E-state index contributed by atoms with van der Waals surface area (Å²) in [6.07, 6.45) is 7.13. The Morgan fingerprint density at radius 1 is 0.842 bits per heavy atom. The number of fused-ring (bicyclic) bond motifs is 2. The van der Waals surface area contributed by atoms with E-state index in [1.54, 1.807) is 44.7 Å². The van der Waals surface area contributed by atoms with Crippen LogP contribution < -0.4 is 19.5 Å². The molecule has 0 saturated heterocycles. The summed E-state index contributed by atoms with van der Waals surface area (Å²) in [5.74, 6) is 4.85. The van der Waals surface area contributed by atoms with Crippen molar-refractivity contribution in [2.45, 2.75) is 13.8 Å². The number of nitrogens with one attached hydrogen (secondary N) is 1. The standard InChI is InChI=1S/C30H22N2O4.C2H6/c1-4-19-6-5-7-22(14-19)30(33)32-23-10-8-21-16-24(11-9-20(21)15-23)36-27-12-13-31-26-18-29(35-3)28(34-2)17-25(26)27;1-2/h1,5-18H,2-3H3,(H,32,33);1-2H3. The van der Waals surface area contributed by atoms with Crippen LogP contribution in [0.4, 0.5) is 5.69 Å². The quantitative estimate of drug-likeness (QED) is 0.243. The zero-order chi connectivity index (χ0) is 27.1. The first-order valence-electron chi connectivity index (χ1n) is 12.2. The van der Waals surface area contributed by atoms with Crippen LogP contribution in [-0.2, 0) is 0 Å². The summed E-state index contributed by atoms with van der Waals surface area (Å²) in [6.45, 7) is 4.00. The second-order valence-electron chi connectivity index (χ2n) is 8.04. The van der Waals surface area contributed by atoms with E-state index in [4.69, 9.17) is 20.6 Å². The highest BCUT2D eigenvalue weighted by Crippen LogP contribution is 2.37. The van der Waals surface area contributed by atoms with Crippen LogP contribution in [0.3, 0.4) is 0 Å². The highest BCUT2D eigenvalue weighted by molar-refractivity contribution is 6.05. The molecule has 0 unspecified atom stereocenters. The third-order valence-electron chi connectivity index (χ3n) is 5.80. The third-order valence-corrected chi connectivity index (χ3v) is 5.80. The fraction of sp³-hybridized carbons (Fsp3) is 0.125. The van der Waals surface area contributed by atoms with Gasteiger partial charge in [-0.3, -0.25) is 9.78 Å². The van der Waals surface area contributed by atoms with Gasteiger partial charge in [-0.05, 0) is 65.4 Å². The van der Waals surface area contributed by atoms with E-state index in [0.29, 0.717) is 39.8 Å². The number of ether oxygens (including phenoxy) is 3. The average molecular weight is 505 g/mol. The average Bonchev–Trinajstić information content (AvgIpc) is 2.97. The van der Waals surface area contributed by atoms with Gasteiger partial charge in [-0.2, -0.15) is 0 Å². The van der Waals surface area contributed by atoms with Crippen molar-refractivity contribution in [2.75, 3.05) is 19.5 Å². The third kappa shape index (κ3) is 5.53. The van der Waals surface area contributed by atoms with Gasteiger partial charge in [-0.15, -0.1) is 6.42 Å². The predicted octanol–water partition coefficient (Wildman–Crippen LogP) is 7.46. The first kappa shape index (κ1) is 26.1. The van der Waals surface area contributed by atoms with Crippen molar-refractivity contribution >= 4 is 33.3 Å². The molecule has 0 saturated carbocycles. The van der Waals surface area contributed by atoms with Gasteiger partial charge >= 0.3 is 0 Å². The molecule has 0 radical (unpaired) electrons. The van der Waals surface area contributed by atoms with Gasteiger partial charge in [-0.25, -0.2) is 0 Å². The normalized spacial score (nSPS) is 10.2. The number of benzene rings is 4. The molecule has 0 spiro atoms. The lowest BCUT2D eigenvalue weighted by Crippen LogP contribution is -2.11. The summed E-state index contributed by atoms with van der Waals surface area (Å²) in [5, 5.41) is 5.67. The van der Waals surface area contributed by atoms with Crippen LogP contribution in [0.2, 0.25) is 0 Å². The van der Waals surface area contributed by atoms with Crippen LogP contribution in [-0.4, -0.2) is 25.1 Å².